The Kier molecular flexibility index (Phi) is 4.92. The number of hydrogen-bond acceptors (Lipinski definition) is 3. The predicted molar refractivity (Wildman–Crippen MR) is 55.9 cm³/mol. The van der Waals surface area contributed by atoms with Gasteiger partial charge in [0.1, 0.15) is 6.04 Å². The number of nitrogens with zero attached hydrogens (tertiary/aromatic N) is 1. The maximum atomic E-state index is 8.86. The summed E-state index contributed by atoms with van der Waals surface area (Å²) < 4.78 is 5.67. The SMILES string of the molecule is CC(C)NC(C#N)COC1CCCC1. The van der Waals surface area contributed by atoms with Crippen LogP contribution in [-0.2, 0) is 4.74 Å². The molecular formula is C11H20N2O. The molecule has 0 aromatic heterocycles. The molecule has 1 N–H and O–H groups in total. The number of nitriles is 1. The highest BCUT2D eigenvalue weighted by Crippen LogP contribution is 2.20. The molecule has 80 valence electrons. The molecule has 0 aromatic rings. The lowest BCUT2D eigenvalue weighted by Crippen LogP contribution is -2.37. The molecule has 0 spiro atoms. The van der Waals surface area contributed by atoms with E-state index in [0.717, 1.165) is 0 Å². The van der Waals surface area contributed by atoms with Crippen LogP contribution in [0.15, 0.2) is 0 Å². The van der Waals surface area contributed by atoms with Crippen LogP contribution in [0.4, 0.5) is 0 Å². The van der Waals surface area contributed by atoms with Gasteiger partial charge in [-0.1, -0.05) is 12.8 Å². The van der Waals surface area contributed by atoms with Crippen molar-refractivity contribution in [2.24, 2.45) is 0 Å². The number of ether oxygens (including phenoxy) is 1. The molecule has 0 bridgehead atoms. The summed E-state index contributed by atoms with van der Waals surface area (Å²) >= 11 is 0. The second-order valence-electron chi connectivity index (χ2n) is 4.24. The Morgan fingerprint density at radius 3 is 2.57 bits per heavy atom. The van der Waals surface area contributed by atoms with Gasteiger partial charge >= 0.3 is 0 Å². The maximum Gasteiger partial charge on any atom is 0.119 e. The fraction of sp³-hybridized carbons (Fsp3) is 0.909. The standard InChI is InChI=1S/C11H20N2O/c1-9(2)13-10(7-12)8-14-11-5-3-4-6-11/h9-11,13H,3-6,8H2,1-2H3. The van der Waals surface area contributed by atoms with Crippen LogP contribution in [0.25, 0.3) is 0 Å². The topological polar surface area (TPSA) is 45.0 Å². The summed E-state index contributed by atoms with van der Waals surface area (Å²) in [6.07, 6.45) is 5.29. The van der Waals surface area contributed by atoms with Gasteiger partial charge in [0.05, 0.1) is 18.8 Å². The Balaban J connectivity index is 2.17. The van der Waals surface area contributed by atoms with Crippen molar-refractivity contribution in [1.29, 1.82) is 5.26 Å². The smallest absolute Gasteiger partial charge is 0.119 e. The molecule has 0 amide bonds. The third kappa shape index (κ3) is 4.08. The molecule has 0 heterocycles. The van der Waals surface area contributed by atoms with Crippen LogP contribution in [0.1, 0.15) is 39.5 Å². The Labute approximate surface area is 86.4 Å². The average molecular weight is 196 g/mol. The third-order valence-corrected chi connectivity index (χ3v) is 2.49. The molecule has 0 saturated heterocycles. The molecule has 0 radical (unpaired) electrons. The molecule has 1 atom stereocenters. The summed E-state index contributed by atoms with van der Waals surface area (Å²) in [7, 11) is 0. The van der Waals surface area contributed by atoms with E-state index in [2.05, 4.69) is 11.4 Å². The molecule has 3 heteroatoms. The van der Waals surface area contributed by atoms with Gasteiger partial charge in [-0.15, -0.1) is 0 Å². The maximum absolute atomic E-state index is 8.86. The predicted octanol–water partition coefficient (Wildman–Crippen LogP) is 1.84. The zero-order valence-electron chi connectivity index (χ0n) is 9.12. The first-order chi connectivity index (χ1) is 6.72. The Bertz CT molecular complexity index is 192. The van der Waals surface area contributed by atoms with Crippen molar-refractivity contribution in [3.8, 4) is 6.07 Å². The largest absolute Gasteiger partial charge is 0.375 e. The van der Waals surface area contributed by atoms with Gasteiger partial charge in [0.15, 0.2) is 0 Å². The Morgan fingerprint density at radius 1 is 1.43 bits per heavy atom. The Hall–Kier alpha value is -0.590. The molecule has 3 nitrogen and oxygen atoms in total. The molecule has 0 aliphatic heterocycles. The second kappa shape index (κ2) is 6.00. The second-order valence-corrected chi connectivity index (χ2v) is 4.24. The molecule has 1 aliphatic rings. The van der Waals surface area contributed by atoms with Gasteiger partial charge in [-0.05, 0) is 26.7 Å². The van der Waals surface area contributed by atoms with E-state index < -0.39 is 0 Å². The Morgan fingerprint density at radius 2 is 2.07 bits per heavy atom. The normalized spacial score (nSPS) is 19.9. The van der Waals surface area contributed by atoms with Crippen molar-refractivity contribution < 1.29 is 4.74 Å². The minimum absolute atomic E-state index is 0.157. The molecule has 14 heavy (non-hydrogen) atoms. The quantitative estimate of drug-likeness (QED) is 0.729. The molecule has 0 aromatic carbocycles. The summed E-state index contributed by atoms with van der Waals surface area (Å²) in [4.78, 5) is 0. The van der Waals surface area contributed by atoms with Crippen molar-refractivity contribution in [2.45, 2.75) is 57.7 Å². The van der Waals surface area contributed by atoms with Crippen molar-refractivity contribution >= 4 is 0 Å². The highest BCUT2D eigenvalue weighted by molar-refractivity contribution is 4.90. The molecule has 1 fully saturated rings. The van der Waals surface area contributed by atoms with Crippen molar-refractivity contribution in [3.05, 3.63) is 0 Å². The van der Waals surface area contributed by atoms with E-state index in [-0.39, 0.29) is 6.04 Å². The van der Waals surface area contributed by atoms with Crippen LogP contribution in [-0.4, -0.2) is 24.8 Å². The summed E-state index contributed by atoms with van der Waals surface area (Å²) in [5.41, 5.74) is 0. The van der Waals surface area contributed by atoms with Crippen molar-refractivity contribution in [2.75, 3.05) is 6.61 Å². The molecule has 1 aliphatic carbocycles. The first-order valence-corrected chi connectivity index (χ1v) is 5.49. The number of rotatable bonds is 5. The fourth-order valence-corrected chi connectivity index (χ4v) is 1.81. The summed E-state index contributed by atoms with van der Waals surface area (Å²) in [6.45, 7) is 4.61. The van der Waals surface area contributed by atoms with E-state index in [1.54, 1.807) is 0 Å². The van der Waals surface area contributed by atoms with E-state index in [4.69, 9.17) is 10.00 Å². The van der Waals surface area contributed by atoms with Crippen LogP contribution >= 0.6 is 0 Å². The van der Waals surface area contributed by atoms with Gasteiger partial charge in [-0.25, -0.2) is 0 Å². The van der Waals surface area contributed by atoms with Gasteiger partial charge in [0.2, 0.25) is 0 Å². The minimum atomic E-state index is -0.157. The van der Waals surface area contributed by atoms with Gasteiger partial charge in [0.25, 0.3) is 0 Å². The van der Waals surface area contributed by atoms with Gasteiger partial charge < -0.3 is 4.74 Å². The zero-order chi connectivity index (χ0) is 10.4. The molecule has 1 unspecified atom stereocenters. The highest BCUT2D eigenvalue weighted by Gasteiger charge is 2.17. The lowest BCUT2D eigenvalue weighted by Gasteiger charge is -2.17. The van der Waals surface area contributed by atoms with Crippen molar-refractivity contribution in [3.63, 3.8) is 0 Å². The van der Waals surface area contributed by atoms with E-state index in [1.807, 2.05) is 13.8 Å². The van der Waals surface area contributed by atoms with Crippen LogP contribution < -0.4 is 5.32 Å². The number of hydrogen-bond donors (Lipinski definition) is 1. The van der Waals surface area contributed by atoms with E-state index in [9.17, 15) is 0 Å². The zero-order valence-corrected chi connectivity index (χ0v) is 9.12. The average Bonchev–Trinajstić information content (AvgIpc) is 2.64. The monoisotopic (exact) mass is 196 g/mol. The van der Waals surface area contributed by atoms with E-state index in [0.29, 0.717) is 18.8 Å². The van der Waals surface area contributed by atoms with Crippen LogP contribution in [0.2, 0.25) is 0 Å². The summed E-state index contributed by atoms with van der Waals surface area (Å²) in [5.74, 6) is 0. The van der Waals surface area contributed by atoms with E-state index >= 15 is 0 Å². The van der Waals surface area contributed by atoms with Gasteiger partial charge in [0, 0.05) is 6.04 Å². The third-order valence-electron chi connectivity index (χ3n) is 2.49. The minimum Gasteiger partial charge on any atom is -0.375 e. The first-order valence-electron chi connectivity index (χ1n) is 5.49. The van der Waals surface area contributed by atoms with Crippen LogP contribution in [0.5, 0.6) is 0 Å². The molecular weight excluding hydrogens is 176 g/mol. The lowest BCUT2D eigenvalue weighted by atomic mass is 10.2. The van der Waals surface area contributed by atoms with E-state index in [1.165, 1.54) is 25.7 Å². The summed E-state index contributed by atoms with van der Waals surface area (Å²) in [5, 5.41) is 12.0. The summed E-state index contributed by atoms with van der Waals surface area (Å²) in [6, 6.07) is 2.40. The first kappa shape index (κ1) is 11.5. The molecule has 1 rings (SSSR count). The highest BCUT2D eigenvalue weighted by atomic mass is 16.5. The van der Waals surface area contributed by atoms with Gasteiger partial charge in [-0.3, -0.25) is 5.32 Å². The fourth-order valence-electron chi connectivity index (χ4n) is 1.81. The van der Waals surface area contributed by atoms with Crippen LogP contribution in [0.3, 0.4) is 0 Å². The lowest BCUT2D eigenvalue weighted by molar-refractivity contribution is 0.0500. The van der Waals surface area contributed by atoms with Gasteiger partial charge in [-0.2, -0.15) is 5.26 Å². The van der Waals surface area contributed by atoms with Crippen molar-refractivity contribution in [1.82, 2.24) is 5.32 Å². The van der Waals surface area contributed by atoms with Crippen LogP contribution in [0, 0.1) is 11.3 Å². The molecule has 1 saturated carbocycles. The number of nitrogens with one attached hydrogen (secondary N) is 1.